The average molecular weight is 389 g/mol. The zero-order valence-electron chi connectivity index (χ0n) is 16.4. The van der Waals surface area contributed by atoms with Gasteiger partial charge in [-0.05, 0) is 56.5 Å². The number of carbonyl (C=O) groups is 1. The van der Waals surface area contributed by atoms with Crippen molar-refractivity contribution in [3.8, 4) is 0 Å². The molecule has 0 saturated carbocycles. The molecule has 1 amide bonds. The van der Waals surface area contributed by atoms with Crippen LogP contribution in [0.1, 0.15) is 44.0 Å². The minimum absolute atomic E-state index is 0.0186. The normalized spacial score (nSPS) is 16.0. The lowest BCUT2D eigenvalue weighted by Gasteiger charge is -2.32. The Balaban J connectivity index is 1.45. The number of nitrogens with zero attached hydrogens (tertiary/aromatic N) is 3. The first-order valence-corrected chi connectivity index (χ1v) is 10.1. The smallest absolute Gasteiger partial charge is 0.238 e. The predicted molar refractivity (Wildman–Crippen MR) is 110 cm³/mol. The van der Waals surface area contributed by atoms with Crippen molar-refractivity contribution in [3.05, 3.63) is 47.0 Å². The van der Waals surface area contributed by atoms with Crippen LogP contribution >= 0.6 is 11.6 Å². The van der Waals surface area contributed by atoms with Gasteiger partial charge in [0, 0.05) is 35.6 Å². The van der Waals surface area contributed by atoms with Crippen LogP contribution in [0.2, 0.25) is 5.02 Å². The fraction of sp³-hybridized carbons (Fsp3) is 0.524. The van der Waals surface area contributed by atoms with E-state index in [2.05, 4.69) is 39.8 Å². The summed E-state index contributed by atoms with van der Waals surface area (Å²) in [5, 5.41) is 3.62. The second kappa shape index (κ2) is 8.89. The number of halogens is 1. The summed E-state index contributed by atoms with van der Waals surface area (Å²) in [6.07, 6.45) is 6.20. The first-order valence-electron chi connectivity index (χ1n) is 9.71. The summed E-state index contributed by atoms with van der Waals surface area (Å²) in [5.74, 6) is 2.27. The Morgan fingerprint density at radius 3 is 2.74 bits per heavy atom. The average Bonchev–Trinajstić information content (AvgIpc) is 3.08. The molecule has 27 heavy (non-hydrogen) atoms. The van der Waals surface area contributed by atoms with E-state index in [0.29, 0.717) is 23.4 Å². The van der Waals surface area contributed by atoms with E-state index in [1.807, 2.05) is 25.3 Å². The van der Waals surface area contributed by atoms with Crippen LogP contribution in [0.5, 0.6) is 0 Å². The Hall–Kier alpha value is -1.85. The molecule has 0 radical (unpaired) electrons. The Morgan fingerprint density at radius 1 is 1.33 bits per heavy atom. The second-order valence-electron chi connectivity index (χ2n) is 7.82. The summed E-state index contributed by atoms with van der Waals surface area (Å²) >= 11 is 6.13. The lowest BCUT2D eigenvalue weighted by Crippen LogP contribution is -2.40. The van der Waals surface area contributed by atoms with Crippen molar-refractivity contribution in [2.45, 2.75) is 46.1 Å². The third kappa shape index (κ3) is 5.33. The van der Waals surface area contributed by atoms with E-state index in [-0.39, 0.29) is 5.91 Å². The number of carbonyl (C=O) groups excluding carboxylic acids is 1. The molecule has 0 unspecified atom stereocenters. The zero-order chi connectivity index (χ0) is 19.4. The third-order valence-corrected chi connectivity index (χ3v) is 5.66. The van der Waals surface area contributed by atoms with Crippen molar-refractivity contribution in [3.63, 3.8) is 0 Å². The molecule has 1 saturated heterocycles. The number of piperidine rings is 1. The molecule has 5 nitrogen and oxygen atoms in total. The van der Waals surface area contributed by atoms with Gasteiger partial charge in [-0.25, -0.2) is 4.98 Å². The van der Waals surface area contributed by atoms with Gasteiger partial charge in [0.1, 0.15) is 5.82 Å². The fourth-order valence-corrected chi connectivity index (χ4v) is 3.84. The van der Waals surface area contributed by atoms with Gasteiger partial charge in [-0.15, -0.1) is 0 Å². The topological polar surface area (TPSA) is 50.2 Å². The van der Waals surface area contributed by atoms with Gasteiger partial charge in [0.25, 0.3) is 0 Å². The Bertz CT molecular complexity index is 778. The number of hydrogen-bond acceptors (Lipinski definition) is 3. The molecule has 1 aliphatic rings. The fourth-order valence-electron chi connectivity index (χ4n) is 3.66. The first-order chi connectivity index (χ1) is 12.9. The molecule has 1 aromatic heterocycles. The van der Waals surface area contributed by atoms with Gasteiger partial charge in [0.05, 0.1) is 6.54 Å². The monoisotopic (exact) mass is 388 g/mol. The quantitative estimate of drug-likeness (QED) is 0.801. The lowest BCUT2D eigenvalue weighted by molar-refractivity contribution is -0.117. The van der Waals surface area contributed by atoms with E-state index in [0.717, 1.165) is 49.6 Å². The Labute approximate surface area is 166 Å². The van der Waals surface area contributed by atoms with Crippen molar-refractivity contribution in [2.24, 2.45) is 5.92 Å². The SMILES string of the molecule is Cc1ccc(NC(=O)CN2CCC(Cn3ccnc3C(C)C)CC2)cc1Cl. The van der Waals surface area contributed by atoms with Gasteiger partial charge < -0.3 is 9.88 Å². The molecule has 0 atom stereocenters. The van der Waals surface area contributed by atoms with E-state index in [1.54, 1.807) is 6.07 Å². The largest absolute Gasteiger partial charge is 0.334 e. The molecule has 3 rings (SSSR count). The number of aromatic nitrogens is 2. The Kier molecular flexibility index (Phi) is 6.55. The molecule has 2 aromatic rings. The van der Waals surface area contributed by atoms with Crippen molar-refractivity contribution in [1.82, 2.24) is 14.5 Å². The van der Waals surface area contributed by atoms with E-state index < -0.39 is 0 Å². The number of anilines is 1. The maximum Gasteiger partial charge on any atom is 0.238 e. The summed E-state index contributed by atoms with van der Waals surface area (Å²) < 4.78 is 2.29. The minimum Gasteiger partial charge on any atom is -0.334 e. The van der Waals surface area contributed by atoms with Crippen LogP contribution < -0.4 is 5.32 Å². The molecule has 0 bridgehead atoms. The van der Waals surface area contributed by atoms with Crippen molar-refractivity contribution in [1.29, 1.82) is 0 Å². The number of nitrogens with one attached hydrogen (secondary N) is 1. The number of imidazole rings is 1. The highest BCUT2D eigenvalue weighted by Crippen LogP contribution is 2.22. The molecule has 1 fully saturated rings. The van der Waals surface area contributed by atoms with E-state index >= 15 is 0 Å². The first kappa shape index (κ1) is 19.9. The lowest BCUT2D eigenvalue weighted by atomic mass is 9.96. The molecular formula is C21H29ClN4O. The maximum absolute atomic E-state index is 12.3. The highest BCUT2D eigenvalue weighted by Gasteiger charge is 2.22. The summed E-state index contributed by atoms with van der Waals surface area (Å²) in [5.41, 5.74) is 1.77. The van der Waals surface area contributed by atoms with Crippen molar-refractivity contribution < 1.29 is 4.79 Å². The molecule has 1 N–H and O–H groups in total. The summed E-state index contributed by atoms with van der Waals surface area (Å²) in [6.45, 7) is 9.68. The molecule has 6 heteroatoms. The van der Waals surface area contributed by atoms with Crippen LogP contribution in [0, 0.1) is 12.8 Å². The predicted octanol–water partition coefficient (Wildman–Crippen LogP) is 4.32. The van der Waals surface area contributed by atoms with Gasteiger partial charge in [0.15, 0.2) is 0 Å². The van der Waals surface area contributed by atoms with Gasteiger partial charge >= 0.3 is 0 Å². The van der Waals surface area contributed by atoms with Crippen LogP contribution in [0.3, 0.4) is 0 Å². The molecule has 0 spiro atoms. The molecule has 1 aliphatic heterocycles. The number of aryl methyl sites for hydroxylation is 1. The van der Waals surface area contributed by atoms with Gasteiger partial charge in [-0.2, -0.15) is 0 Å². The van der Waals surface area contributed by atoms with Crippen molar-refractivity contribution in [2.75, 3.05) is 25.0 Å². The number of hydrogen-bond donors (Lipinski definition) is 1. The number of amides is 1. The molecule has 1 aromatic carbocycles. The second-order valence-corrected chi connectivity index (χ2v) is 8.23. The summed E-state index contributed by atoms with van der Waals surface area (Å²) in [4.78, 5) is 19.0. The van der Waals surface area contributed by atoms with E-state index in [9.17, 15) is 4.79 Å². The Morgan fingerprint density at radius 2 is 2.07 bits per heavy atom. The van der Waals surface area contributed by atoms with Gasteiger partial charge in [-0.3, -0.25) is 9.69 Å². The van der Waals surface area contributed by atoms with Crippen LogP contribution in [0.15, 0.2) is 30.6 Å². The number of likely N-dealkylation sites (tertiary alicyclic amines) is 1. The summed E-state index contributed by atoms with van der Waals surface area (Å²) in [6, 6.07) is 5.62. The van der Waals surface area contributed by atoms with Crippen molar-refractivity contribution >= 4 is 23.2 Å². The molecule has 146 valence electrons. The highest BCUT2D eigenvalue weighted by molar-refractivity contribution is 6.31. The molecule has 0 aliphatic carbocycles. The maximum atomic E-state index is 12.3. The molecular weight excluding hydrogens is 360 g/mol. The highest BCUT2D eigenvalue weighted by atomic mass is 35.5. The number of rotatable bonds is 6. The van der Waals surface area contributed by atoms with Gasteiger partial charge in [-0.1, -0.05) is 31.5 Å². The van der Waals surface area contributed by atoms with E-state index in [4.69, 9.17) is 11.6 Å². The van der Waals surface area contributed by atoms with E-state index in [1.165, 1.54) is 0 Å². The van der Waals surface area contributed by atoms with Gasteiger partial charge in [0.2, 0.25) is 5.91 Å². The number of benzene rings is 1. The minimum atomic E-state index is 0.0186. The van der Waals surface area contributed by atoms with Crippen LogP contribution in [0.25, 0.3) is 0 Å². The molecule has 2 heterocycles. The van der Waals surface area contributed by atoms with Crippen LogP contribution in [0.4, 0.5) is 5.69 Å². The third-order valence-electron chi connectivity index (χ3n) is 5.25. The summed E-state index contributed by atoms with van der Waals surface area (Å²) in [7, 11) is 0. The zero-order valence-corrected chi connectivity index (χ0v) is 17.2. The van der Waals surface area contributed by atoms with Crippen LogP contribution in [-0.2, 0) is 11.3 Å². The van der Waals surface area contributed by atoms with Crippen LogP contribution in [-0.4, -0.2) is 40.0 Å². The standard InChI is InChI=1S/C21H29ClN4O/c1-15(2)21-23-8-11-26(21)13-17-6-9-25(10-7-17)14-20(27)24-18-5-4-16(3)19(22)12-18/h4-5,8,11-12,15,17H,6-7,9-10,13-14H2,1-3H3,(H,24,27).